The molecular weight excluding hydrogens is 240 g/mol. The van der Waals surface area contributed by atoms with Crippen molar-refractivity contribution in [3.05, 3.63) is 0 Å². The highest BCUT2D eigenvalue weighted by atomic mass is 16.6. The summed E-state index contributed by atoms with van der Waals surface area (Å²) in [5, 5.41) is 34.8. The monoisotopic (exact) mass is 248 g/mol. The van der Waals surface area contributed by atoms with Crippen molar-refractivity contribution >= 4 is 23.9 Å². The first-order valence-electron chi connectivity index (χ1n) is 4.34. The molecule has 0 aliphatic carbocycles. The number of carboxylic acid groups (broad SMARTS) is 4. The summed E-state index contributed by atoms with van der Waals surface area (Å²) < 4.78 is 4.47. The highest BCUT2D eigenvalue weighted by Crippen LogP contribution is 2.33. The maximum atomic E-state index is 10.8. The molecule has 0 amide bonds. The van der Waals surface area contributed by atoms with Gasteiger partial charge in [-0.3, -0.25) is 9.59 Å². The third kappa shape index (κ3) is 2.18. The lowest BCUT2D eigenvalue weighted by atomic mass is 9.87. The van der Waals surface area contributed by atoms with Gasteiger partial charge in [-0.2, -0.15) is 0 Å². The van der Waals surface area contributed by atoms with Gasteiger partial charge in [-0.15, -0.1) is 0 Å². The molecule has 4 atom stereocenters. The van der Waals surface area contributed by atoms with Crippen molar-refractivity contribution in [2.24, 2.45) is 11.8 Å². The van der Waals surface area contributed by atoms with Crippen molar-refractivity contribution in [2.45, 2.75) is 12.2 Å². The SMILES string of the molecule is O=C(O)[C@@H]1[C@H](C(=O)O)[C@@H](C(=O)O)O[C@H]1C(=O)O. The minimum absolute atomic E-state index is 1.72. The van der Waals surface area contributed by atoms with Gasteiger partial charge >= 0.3 is 23.9 Å². The molecule has 9 nitrogen and oxygen atoms in total. The van der Waals surface area contributed by atoms with Gasteiger partial charge in [0.1, 0.15) is 11.8 Å². The Morgan fingerprint density at radius 2 is 0.941 bits per heavy atom. The van der Waals surface area contributed by atoms with Crippen molar-refractivity contribution in [1.82, 2.24) is 0 Å². The number of hydrogen-bond donors (Lipinski definition) is 4. The summed E-state index contributed by atoms with van der Waals surface area (Å²) in [5.74, 6) is -10.8. The predicted octanol–water partition coefficient (Wildman–Crippen LogP) is -1.68. The molecule has 1 saturated heterocycles. The first kappa shape index (κ1) is 12.9. The molecule has 1 heterocycles. The molecule has 0 bridgehead atoms. The lowest BCUT2D eigenvalue weighted by Gasteiger charge is -2.13. The van der Waals surface area contributed by atoms with Gasteiger partial charge in [-0.25, -0.2) is 9.59 Å². The minimum Gasteiger partial charge on any atom is -0.481 e. The Bertz CT molecular complexity index is 350. The van der Waals surface area contributed by atoms with Gasteiger partial charge in [0.15, 0.2) is 12.2 Å². The molecular formula is C8H8O9. The van der Waals surface area contributed by atoms with E-state index in [9.17, 15) is 19.2 Å². The molecule has 94 valence electrons. The molecule has 4 N–H and O–H groups in total. The molecule has 9 heteroatoms. The van der Waals surface area contributed by atoms with E-state index >= 15 is 0 Å². The Labute approximate surface area is 93.2 Å². The molecule has 0 radical (unpaired) electrons. The van der Waals surface area contributed by atoms with Crippen LogP contribution in [0.5, 0.6) is 0 Å². The van der Waals surface area contributed by atoms with E-state index in [-0.39, 0.29) is 0 Å². The zero-order valence-electron chi connectivity index (χ0n) is 8.14. The van der Waals surface area contributed by atoms with Crippen LogP contribution in [0.1, 0.15) is 0 Å². The van der Waals surface area contributed by atoms with Gasteiger partial charge in [-0.1, -0.05) is 0 Å². The Kier molecular flexibility index (Phi) is 3.32. The maximum absolute atomic E-state index is 10.8. The number of ether oxygens (including phenoxy) is 1. The summed E-state index contributed by atoms with van der Waals surface area (Å²) in [6.45, 7) is 0. The van der Waals surface area contributed by atoms with Gasteiger partial charge in [-0.05, 0) is 0 Å². The summed E-state index contributed by atoms with van der Waals surface area (Å²) >= 11 is 0. The smallest absolute Gasteiger partial charge is 0.333 e. The topological polar surface area (TPSA) is 158 Å². The highest BCUT2D eigenvalue weighted by molar-refractivity contribution is 5.92. The average molecular weight is 248 g/mol. The normalized spacial score (nSPS) is 32.0. The molecule has 1 rings (SSSR count). The fourth-order valence-corrected chi connectivity index (χ4v) is 1.69. The standard InChI is InChI=1S/C8H8O9/c9-5(10)1-2(6(11)12)4(8(15)16)17-3(1)7(13)14/h1-4H,(H,9,10)(H,11,12)(H,13,14)(H,15,16)/t1-,2+,3-,4+. The number of hydrogen-bond acceptors (Lipinski definition) is 5. The summed E-state index contributed by atoms with van der Waals surface area (Å²) in [4.78, 5) is 43.0. The van der Waals surface area contributed by atoms with Crippen molar-refractivity contribution in [1.29, 1.82) is 0 Å². The van der Waals surface area contributed by atoms with Gasteiger partial charge in [0, 0.05) is 0 Å². The molecule has 0 aromatic carbocycles. The second-order valence-corrected chi connectivity index (χ2v) is 3.38. The average Bonchev–Trinajstić information content (AvgIpc) is 2.56. The number of carbonyl (C=O) groups is 4. The van der Waals surface area contributed by atoms with Crippen molar-refractivity contribution < 1.29 is 44.3 Å². The molecule has 1 aliphatic rings. The van der Waals surface area contributed by atoms with Gasteiger partial charge in [0.25, 0.3) is 0 Å². The summed E-state index contributed by atoms with van der Waals surface area (Å²) in [6.07, 6.45) is -3.98. The van der Waals surface area contributed by atoms with E-state index in [1.54, 1.807) is 0 Å². The molecule has 0 unspecified atom stereocenters. The summed E-state index contributed by atoms with van der Waals surface area (Å²) in [6, 6.07) is 0. The summed E-state index contributed by atoms with van der Waals surface area (Å²) in [7, 11) is 0. The van der Waals surface area contributed by atoms with E-state index < -0.39 is 47.9 Å². The van der Waals surface area contributed by atoms with Crippen molar-refractivity contribution in [3.8, 4) is 0 Å². The van der Waals surface area contributed by atoms with Crippen molar-refractivity contribution in [3.63, 3.8) is 0 Å². The molecule has 0 saturated carbocycles. The summed E-state index contributed by atoms with van der Waals surface area (Å²) in [5.41, 5.74) is 0. The lowest BCUT2D eigenvalue weighted by Crippen LogP contribution is -2.39. The second kappa shape index (κ2) is 4.37. The van der Waals surface area contributed by atoms with E-state index in [2.05, 4.69) is 4.74 Å². The number of rotatable bonds is 4. The van der Waals surface area contributed by atoms with Crippen molar-refractivity contribution in [2.75, 3.05) is 0 Å². The zero-order valence-corrected chi connectivity index (χ0v) is 8.14. The minimum atomic E-state index is -1.99. The maximum Gasteiger partial charge on any atom is 0.333 e. The zero-order chi connectivity index (χ0) is 13.3. The van der Waals surface area contributed by atoms with E-state index in [0.717, 1.165) is 0 Å². The van der Waals surface area contributed by atoms with Crippen LogP contribution in [0.15, 0.2) is 0 Å². The van der Waals surface area contributed by atoms with Crippen LogP contribution in [0.3, 0.4) is 0 Å². The van der Waals surface area contributed by atoms with Crippen LogP contribution in [-0.4, -0.2) is 56.5 Å². The van der Waals surface area contributed by atoms with E-state index in [1.807, 2.05) is 0 Å². The number of aliphatic carboxylic acids is 4. The largest absolute Gasteiger partial charge is 0.481 e. The van der Waals surface area contributed by atoms with Gasteiger partial charge < -0.3 is 25.2 Å². The number of carboxylic acids is 4. The van der Waals surface area contributed by atoms with E-state index in [4.69, 9.17) is 20.4 Å². The fourth-order valence-electron chi connectivity index (χ4n) is 1.69. The van der Waals surface area contributed by atoms with Crippen LogP contribution in [0.2, 0.25) is 0 Å². The molecule has 1 fully saturated rings. The van der Waals surface area contributed by atoms with Gasteiger partial charge in [0.2, 0.25) is 0 Å². The van der Waals surface area contributed by atoms with Crippen LogP contribution < -0.4 is 0 Å². The van der Waals surface area contributed by atoms with Gasteiger partial charge in [0.05, 0.1) is 0 Å². The van der Waals surface area contributed by atoms with E-state index in [0.29, 0.717) is 0 Å². The quantitative estimate of drug-likeness (QED) is 0.455. The van der Waals surface area contributed by atoms with Crippen LogP contribution in [-0.2, 0) is 23.9 Å². The molecule has 1 aliphatic heterocycles. The molecule has 17 heavy (non-hydrogen) atoms. The molecule has 0 aromatic rings. The lowest BCUT2D eigenvalue weighted by molar-refractivity contribution is -0.163. The second-order valence-electron chi connectivity index (χ2n) is 3.38. The van der Waals surface area contributed by atoms with E-state index in [1.165, 1.54) is 0 Å². The van der Waals surface area contributed by atoms with Crippen LogP contribution in [0.4, 0.5) is 0 Å². The van der Waals surface area contributed by atoms with Crippen LogP contribution in [0, 0.1) is 11.8 Å². The Morgan fingerprint density at radius 1 is 0.647 bits per heavy atom. The third-order valence-corrected chi connectivity index (χ3v) is 2.39. The predicted molar refractivity (Wildman–Crippen MR) is 46.2 cm³/mol. The molecule has 0 spiro atoms. The highest BCUT2D eigenvalue weighted by Gasteiger charge is 2.57. The van der Waals surface area contributed by atoms with Crippen LogP contribution >= 0.6 is 0 Å². The Balaban J connectivity index is 3.17. The first-order chi connectivity index (χ1) is 7.77. The molecule has 0 aromatic heterocycles. The Morgan fingerprint density at radius 3 is 1.12 bits per heavy atom. The first-order valence-corrected chi connectivity index (χ1v) is 4.34. The Hall–Kier alpha value is -2.16. The fraction of sp³-hybridized carbons (Fsp3) is 0.500. The third-order valence-electron chi connectivity index (χ3n) is 2.39. The van der Waals surface area contributed by atoms with Crippen LogP contribution in [0.25, 0.3) is 0 Å².